The molecule has 0 aliphatic rings. The number of nitrogens with zero attached hydrogens (tertiary/aromatic N) is 3. The zero-order valence-corrected chi connectivity index (χ0v) is 16.0. The fourth-order valence-electron chi connectivity index (χ4n) is 2.44. The molecule has 25 heavy (non-hydrogen) atoms. The summed E-state index contributed by atoms with van der Waals surface area (Å²) in [5.41, 5.74) is 1.05. The highest BCUT2D eigenvalue weighted by molar-refractivity contribution is 5.79. The summed E-state index contributed by atoms with van der Waals surface area (Å²) >= 11 is 0. The molecule has 0 radical (unpaired) electrons. The number of oxazole rings is 1. The highest BCUT2D eigenvalue weighted by Crippen LogP contribution is 2.22. The molecule has 6 heteroatoms. The lowest BCUT2D eigenvalue weighted by atomic mass is 9.94. The normalized spacial score (nSPS) is 12.2. The molecule has 0 bridgehead atoms. The van der Waals surface area contributed by atoms with E-state index < -0.39 is 0 Å². The number of para-hydroxylation sites is 1. The minimum absolute atomic E-state index is 0.0480. The average Bonchev–Trinajstić information content (AvgIpc) is 3.05. The minimum Gasteiger partial charge on any atom is -0.496 e. The van der Waals surface area contributed by atoms with Crippen molar-refractivity contribution in [2.45, 2.75) is 39.3 Å². The van der Waals surface area contributed by atoms with Crippen LogP contribution in [0.15, 0.2) is 39.9 Å². The van der Waals surface area contributed by atoms with Crippen molar-refractivity contribution in [3.8, 4) is 5.75 Å². The number of nitrogens with one attached hydrogen (secondary N) is 1. The number of methoxy groups -OCH3 is 1. The second-order valence-corrected chi connectivity index (χ2v) is 6.94. The predicted molar refractivity (Wildman–Crippen MR) is 99.9 cm³/mol. The number of hydrogen-bond donors (Lipinski definition) is 1. The molecule has 2 rings (SSSR count). The van der Waals surface area contributed by atoms with Gasteiger partial charge in [-0.1, -0.05) is 39.0 Å². The van der Waals surface area contributed by atoms with E-state index in [2.05, 4.69) is 36.1 Å². The molecule has 136 valence electrons. The molecule has 1 heterocycles. The molecule has 0 saturated carbocycles. The van der Waals surface area contributed by atoms with Crippen LogP contribution < -0.4 is 10.1 Å². The molecule has 6 nitrogen and oxygen atoms in total. The number of ether oxygens (including phenoxy) is 1. The van der Waals surface area contributed by atoms with Gasteiger partial charge in [0.05, 0.1) is 19.9 Å². The van der Waals surface area contributed by atoms with Crippen molar-refractivity contribution in [1.82, 2.24) is 15.2 Å². The third-order valence-electron chi connectivity index (χ3n) is 3.86. The van der Waals surface area contributed by atoms with E-state index in [9.17, 15) is 0 Å². The van der Waals surface area contributed by atoms with Crippen LogP contribution in [0.4, 0.5) is 0 Å². The van der Waals surface area contributed by atoms with Gasteiger partial charge >= 0.3 is 0 Å². The van der Waals surface area contributed by atoms with Gasteiger partial charge in [0.1, 0.15) is 11.5 Å². The third kappa shape index (κ3) is 4.98. The van der Waals surface area contributed by atoms with Crippen LogP contribution in [-0.2, 0) is 18.5 Å². The van der Waals surface area contributed by atoms with Crippen LogP contribution in [0.3, 0.4) is 0 Å². The van der Waals surface area contributed by atoms with Crippen molar-refractivity contribution in [2.75, 3.05) is 21.2 Å². The first-order valence-corrected chi connectivity index (χ1v) is 8.34. The topological polar surface area (TPSA) is 62.9 Å². The molecule has 0 amide bonds. The maximum atomic E-state index is 5.81. The van der Waals surface area contributed by atoms with Crippen LogP contribution in [0, 0.1) is 0 Å². The van der Waals surface area contributed by atoms with Gasteiger partial charge in [-0.25, -0.2) is 4.98 Å². The summed E-state index contributed by atoms with van der Waals surface area (Å²) in [6.07, 6.45) is 1.79. The molecular weight excluding hydrogens is 316 g/mol. The molecule has 0 aliphatic heterocycles. The van der Waals surface area contributed by atoms with Crippen LogP contribution in [0.1, 0.15) is 38.0 Å². The summed E-state index contributed by atoms with van der Waals surface area (Å²) in [6.45, 7) is 7.47. The SMILES string of the molecule is CN=C(NCc1ncc(C(C)(C)C)o1)N(C)Cc1ccccc1OC. The Morgan fingerprint density at radius 2 is 2.04 bits per heavy atom. The lowest BCUT2D eigenvalue weighted by Crippen LogP contribution is -2.38. The van der Waals surface area contributed by atoms with E-state index in [1.54, 1.807) is 20.4 Å². The fraction of sp³-hybridized carbons (Fsp3) is 0.474. The highest BCUT2D eigenvalue weighted by Gasteiger charge is 2.19. The van der Waals surface area contributed by atoms with Gasteiger partial charge in [-0.05, 0) is 6.07 Å². The monoisotopic (exact) mass is 344 g/mol. The minimum atomic E-state index is -0.0480. The summed E-state index contributed by atoms with van der Waals surface area (Å²) in [4.78, 5) is 10.7. The van der Waals surface area contributed by atoms with Crippen LogP contribution in [0.25, 0.3) is 0 Å². The van der Waals surface area contributed by atoms with E-state index in [1.165, 1.54) is 0 Å². The first-order valence-electron chi connectivity index (χ1n) is 8.34. The largest absolute Gasteiger partial charge is 0.496 e. The Morgan fingerprint density at radius 1 is 1.32 bits per heavy atom. The molecule has 0 atom stereocenters. The molecule has 0 saturated heterocycles. The van der Waals surface area contributed by atoms with Crippen LogP contribution >= 0.6 is 0 Å². The molecule has 1 aromatic heterocycles. The van der Waals surface area contributed by atoms with Crippen molar-refractivity contribution in [2.24, 2.45) is 4.99 Å². The lowest BCUT2D eigenvalue weighted by molar-refractivity contribution is 0.375. The lowest BCUT2D eigenvalue weighted by Gasteiger charge is -2.22. The van der Waals surface area contributed by atoms with E-state index in [-0.39, 0.29) is 5.41 Å². The summed E-state index contributed by atoms with van der Waals surface area (Å²) in [7, 11) is 5.43. The van der Waals surface area contributed by atoms with Gasteiger partial charge in [-0.15, -0.1) is 0 Å². The first-order chi connectivity index (χ1) is 11.8. The van der Waals surface area contributed by atoms with E-state index in [0.29, 0.717) is 19.0 Å². The van der Waals surface area contributed by atoms with Crippen molar-refractivity contribution in [3.05, 3.63) is 47.7 Å². The molecule has 1 aromatic carbocycles. The number of guanidine groups is 1. The average molecular weight is 344 g/mol. The van der Waals surface area contributed by atoms with Gasteiger partial charge in [-0.3, -0.25) is 4.99 Å². The number of benzene rings is 1. The van der Waals surface area contributed by atoms with Gasteiger partial charge in [0.15, 0.2) is 5.96 Å². The second-order valence-electron chi connectivity index (χ2n) is 6.94. The fourth-order valence-corrected chi connectivity index (χ4v) is 2.44. The molecule has 0 unspecified atom stereocenters. The Balaban J connectivity index is 1.99. The highest BCUT2D eigenvalue weighted by atomic mass is 16.5. The van der Waals surface area contributed by atoms with Gasteiger partial charge in [0.2, 0.25) is 5.89 Å². The van der Waals surface area contributed by atoms with Gasteiger partial charge in [-0.2, -0.15) is 0 Å². The quantitative estimate of drug-likeness (QED) is 0.667. The molecule has 0 fully saturated rings. The Labute approximate surface area is 149 Å². The van der Waals surface area contributed by atoms with Crippen molar-refractivity contribution >= 4 is 5.96 Å². The second kappa shape index (κ2) is 8.05. The van der Waals surface area contributed by atoms with Crippen molar-refractivity contribution in [3.63, 3.8) is 0 Å². The molecule has 0 aliphatic carbocycles. The Morgan fingerprint density at radius 3 is 2.64 bits per heavy atom. The number of hydrogen-bond acceptors (Lipinski definition) is 4. The van der Waals surface area contributed by atoms with Crippen molar-refractivity contribution in [1.29, 1.82) is 0 Å². The summed E-state index contributed by atoms with van der Waals surface area (Å²) in [6, 6.07) is 7.97. The van der Waals surface area contributed by atoms with Crippen molar-refractivity contribution < 1.29 is 9.15 Å². The Kier molecular flexibility index (Phi) is 6.07. The van der Waals surface area contributed by atoms with Crippen LogP contribution in [0.2, 0.25) is 0 Å². The maximum Gasteiger partial charge on any atom is 0.213 e. The summed E-state index contributed by atoms with van der Waals surface area (Å²) < 4.78 is 11.2. The first kappa shape index (κ1) is 18.8. The smallest absolute Gasteiger partial charge is 0.213 e. The number of rotatable bonds is 5. The third-order valence-corrected chi connectivity index (χ3v) is 3.86. The van der Waals surface area contributed by atoms with E-state index in [4.69, 9.17) is 9.15 Å². The predicted octanol–water partition coefficient (Wildman–Crippen LogP) is 3.19. The van der Waals surface area contributed by atoms with E-state index in [0.717, 1.165) is 23.0 Å². The summed E-state index contributed by atoms with van der Waals surface area (Å²) in [5, 5.41) is 3.29. The molecule has 1 N–H and O–H groups in total. The maximum absolute atomic E-state index is 5.81. The number of aromatic nitrogens is 1. The van der Waals surface area contributed by atoms with E-state index in [1.807, 2.05) is 36.2 Å². The zero-order valence-electron chi connectivity index (χ0n) is 16.0. The van der Waals surface area contributed by atoms with Crippen LogP contribution in [0.5, 0.6) is 5.75 Å². The standard InChI is InChI=1S/C19H28N4O2/c1-19(2,3)16-11-21-17(25-16)12-22-18(20-4)23(5)13-14-9-7-8-10-15(14)24-6/h7-11H,12-13H2,1-6H3,(H,20,22). The van der Waals surface area contributed by atoms with Gasteiger partial charge in [0, 0.05) is 31.6 Å². The zero-order chi connectivity index (χ0) is 18.4. The molecule has 2 aromatic rings. The Hall–Kier alpha value is -2.50. The van der Waals surface area contributed by atoms with Gasteiger partial charge in [0.25, 0.3) is 0 Å². The van der Waals surface area contributed by atoms with Gasteiger partial charge < -0.3 is 19.4 Å². The summed E-state index contributed by atoms with van der Waals surface area (Å²) in [5.74, 6) is 3.16. The molecule has 0 spiro atoms. The molecular formula is C19H28N4O2. The Bertz CT molecular complexity index is 716. The van der Waals surface area contributed by atoms with E-state index >= 15 is 0 Å². The van der Waals surface area contributed by atoms with Crippen LogP contribution in [-0.4, -0.2) is 37.0 Å². The number of aliphatic imine (C=N–C) groups is 1.